The lowest BCUT2D eigenvalue weighted by Crippen LogP contribution is -2.33. The van der Waals surface area contributed by atoms with Crippen LogP contribution in [0.4, 0.5) is 5.82 Å². The molecule has 0 amide bonds. The number of hydrogen-bond acceptors (Lipinski definition) is 5. The van der Waals surface area contributed by atoms with Crippen LogP contribution in [0.3, 0.4) is 0 Å². The number of carboxylic acids is 1. The van der Waals surface area contributed by atoms with Gasteiger partial charge in [0.25, 0.3) is 0 Å². The lowest BCUT2D eigenvalue weighted by molar-refractivity contribution is -0.135. The maximum absolute atomic E-state index is 11.0. The van der Waals surface area contributed by atoms with E-state index >= 15 is 0 Å². The normalized spacial score (nSPS) is 11.1. The minimum Gasteiger partial charge on any atom is -0.480 e. The van der Waals surface area contributed by atoms with Gasteiger partial charge in [0.15, 0.2) is 0 Å². The summed E-state index contributed by atoms with van der Waals surface area (Å²) in [6, 6.07) is 1.94. The molecule has 0 aliphatic carbocycles. The van der Waals surface area contributed by atoms with E-state index in [1.165, 1.54) is 17.7 Å². The van der Waals surface area contributed by atoms with Crippen LogP contribution < -0.4 is 4.90 Å². The van der Waals surface area contributed by atoms with E-state index in [0.29, 0.717) is 18.3 Å². The first-order valence-electron chi connectivity index (χ1n) is 5.73. The van der Waals surface area contributed by atoms with E-state index in [-0.39, 0.29) is 6.54 Å². The van der Waals surface area contributed by atoms with Crippen molar-refractivity contribution >= 4 is 33.3 Å². The number of thiophene rings is 1. The van der Waals surface area contributed by atoms with Crippen molar-refractivity contribution in [3.8, 4) is 0 Å². The molecule has 0 bridgehead atoms. The van der Waals surface area contributed by atoms with Crippen molar-refractivity contribution in [3.63, 3.8) is 0 Å². The lowest BCUT2D eigenvalue weighted by atomic mass is 10.2. The van der Waals surface area contributed by atoms with Gasteiger partial charge in [0.1, 0.15) is 23.5 Å². The molecular formula is C12H15N3O2S. The highest BCUT2D eigenvalue weighted by Crippen LogP contribution is 2.27. The predicted molar refractivity (Wildman–Crippen MR) is 72.1 cm³/mol. The largest absolute Gasteiger partial charge is 0.480 e. The van der Waals surface area contributed by atoms with E-state index in [1.807, 2.05) is 11.4 Å². The van der Waals surface area contributed by atoms with E-state index < -0.39 is 5.97 Å². The summed E-state index contributed by atoms with van der Waals surface area (Å²) in [5, 5.41) is 11.9. The average Bonchev–Trinajstić information content (AvgIpc) is 2.74. The summed E-state index contributed by atoms with van der Waals surface area (Å²) in [5.41, 5.74) is 0. The SMILES string of the molecule is CC(C)CN(CC(=O)O)c1ncnc2sccc12. The molecule has 0 aliphatic rings. The highest BCUT2D eigenvalue weighted by molar-refractivity contribution is 7.16. The number of aliphatic carboxylic acids is 1. The van der Waals surface area contributed by atoms with Gasteiger partial charge in [-0.25, -0.2) is 9.97 Å². The molecule has 5 nitrogen and oxygen atoms in total. The fourth-order valence-corrected chi connectivity index (χ4v) is 2.59. The van der Waals surface area contributed by atoms with Crippen LogP contribution in [0, 0.1) is 5.92 Å². The maximum Gasteiger partial charge on any atom is 0.323 e. The van der Waals surface area contributed by atoms with E-state index in [0.717, 1.165) is 10.2 Å². The van der Waals surface area contributed by atoms with Crippen molar-refractivity contribution in [1.29, 1.82) is 0 Å². The molecule has 0 aliphatic heterocycles. The number of carboxylic acid groups (broad SMARTS) is 1. The number of nitrogens with zero attached hydrogens (tertiary/aromatic N) is 3. The van der Waals surface area contributed by atoms with Crippen molar-refractivity contribution in [2.45, 2.75) is 13.8 Å². The van der Waals surface area contributed by atoms with E-state index in [4.69, 9.17) is 5.11 Å². The van der Waals surface area contributed by atoms with Crippen LogP contribution in [0.1, 0.15) is 13.8 Å². The highest BCUT2D eigenvalue weighted by Gasteiger charge is 2.16. The van der Waals surface area contributed by atoms with Gasteiger partial charge in [0.05, 0.1) is 5.39 Å². The van der Waals surface area contributed by atoms with Crippen LogP contribution in [-0.4, -0.2) is 34.1 Å². The summed E-state index contributed by atoms with van der Waals surface area (Å²) in [4.78, 5) is 22.1. The first-order chi connectivity index (χ1) is 8.58. The molecule has 0 atom stereocenters. The summed E-state index contributed by atoms with van der Waals surface area (Å²) >= 11 is 1.53. The number of aromatic nitrogens is 2. The second-order valence-corrected chi connectivity index (χ2v) is 5.40. The van der Waals surface area contributed by atoms with Gasteiger partial charge in [-0.1, -0.05) is 13.8 Å². The molecule has 1 N–H and O–H groups in total. The molecule has 0 saturated carbocycles. The summed E-state index contributed by atoms with van der Waals surface area (Å²) < 4.78 is 0. The molecule has 2 aromatic rings. The van der Waals surface area contributed by atoms with Crippen molar-refractivity contribution in [2.75, 3.05) is 18.0 Å². The molecule has 18 heavy (non-hydrogen) atoms. The van der Waals surface area contributed by atoms with Crippen LogP contribution in [0.15, 0.2) is 17.8 Å². The Morgan fingerprint density at radius 2 is 2.28 bits per heavy atom. The van der Waals surface area contributed by atoms with Crippen molar-refractivity contribution in [3.05, 3.63) is 17.8 Å². The molecule has 0 saturated heterocycles. The first kappa shape index (κ1) is 12.8. The average molecular weight is 265 g/mol. The number of hydrogen-bond donors (Lipinski definition) is 1. The first-order valence-corrected chi connectivity index (χ1v) is 6.61. The van der Waals surface area contributed by atoms with Crippen LogP contribution in [0.5, 0.6) is 0 Å². The predicted octanol–water partition coefficient (Wildman–Crippen LogP) is 2.24. The van der Waals surface area contributed by atoms with Gasteiger partial charge in [0, 0.05) is 6.54 Å². The van der Waals surface area contributed by atoms with E-state index in [9.17, 15) is 4.79 Å². The Labute approximate surface area is 109 Å². The second-order valence-electron chi connectivity index (χ2n) is 4.50. The molecule has 2 aromatic heterocycles. The Morgan fingerprint density at radius 3 is 2.94 bits per heavy atom. The third kappa shape index (κ3) is 2.76. The summed E-state index contributed by atoms with van der Waals surface area (Å²) in [6.07, 6.45) is 1.49. The molecular weight excluding hydrogens is 250 g/mol. The van der Waals surface area contributed by atoms with Gasteiger partial charge >= 0.3 is 5.97 Å². The van der Waals surface area contributed by atoms with Crippen LogP contribution in [0.25, 0.3) is 10.2 Å². The number of rotatable bonds is 5. The van der Waals surface area contributed by atoms with Gasteiger partial charge in [-0.2, -0.15) is 0 Å². The fraction of sp³-hybridized carbons (Fsp3) is 0.417. The summed E-state index contributed by atoms with van der Waals surface area (Å²) in [5.74, 6) is 0.225. The molecule has 2 rings (SSSR count). The molecule has 2 heterocycles. The Hall–Kier alpha value is -1.69. The van der Waals surface area contributed by atoms with Gasteiger partial charge < -0.3 is 10.0 Å². The molecule has 0 fully saturated rings. The summed E-state index contributed by atoms with van der Waals surface area (Å²) in [6.45, 7) is 4.73. The Kier molecular flexibility index (Phi) is 3.76. The monoisotopic (exact) mass is 265 g/mol. The van der Waals surface area contributed by atoms with E-state index in [1.54, 1.807) is 4.90 Å². The molecule has 0 radical (unpaired) electrons. The van der Waals surface area contributed by atoms with Crippen LogP contribution >= 0.6 is 11.3 Å². The van der Waals surface area contributed by atoms with E-state index in [2.05, 4.69) is 23.8 Å². The minimum atomic E-state index is -0.849. The Morgan fingerprint density at radius 1 is 1.50 bits per heavy atom. The highest BCUT2D eigenvalue weighted by atomic mass is 32.1. The van der Waals surface area contributed by atoms with Gasteiger partial charge in [0.2, 0.25) is 0 Å². The number of fused-ring (bicyclic) bond motifs is 1. The van der Waals surface area contributed by atoms with Gasteiger partial charge in [-0.15, -0.1) is 11.3 Å². The molecule has 0 aromatic carbocycles. The smallest absolute Gasteiger partial charge is 0.323 e. The number of anilines is 1. The topological polar surface area (TPSA) is 66.3 Å². The Bertz CT molecular complexity index is 553. The minimum absolute atomic E-state index is 0.0415. The molecule has 96 valence electrons. The zero-order valence-corrected chi connectivity index (χ0v) is 11.1. The quantitative estimate of drug-likeness (QED) is 0.898. The fourth-order valence-electron chi connectivity index (χ4n) is 1.86. The van der Waals surface area contributed by atoms with Crippen LogP contribution in [0.2, 0.25) is 0 Å². The third-order valence-corrected chi connectivity index (χ3v) is 3.27. The summed E-state index contributed by atoms with van der Waals surface area (Å²) in [7, 11) is 0. The Balaban J connectivity index is 2.39. The molecule has 6 heteroatoms. The van der Waals surface area contributed by atoms with Crippen LogP contribution in [-0.2, 0) is 4.79 Å². The third-order valence-electron chi connectivity index (χ3n) is 2.45. The van der Waals surface area contributed by atoms with Gasteiger partial charge in [-0.05, 0) is 17.4 Å². The number of carbonyl (C=O) groups is 1. The van der Waals surface area contributed by atoms with Gasteiger partial charge in [-0.3, -0.25) is 4.79 Å². The standard InChI is InChI=1S/C12H15N3O2S/c1-8(2)5-15(6-10(16)17)11-9-3-4-18-12(9)14-7-13-11/h3-4,7-8H,5-6H2,1-2H3,(H,16,17). The lowest BCUT2D eigenvalue weighted by Gasteiger charge is -2.24. The van der Waals surface area contributed by atoms with Crippen molar-refractivity contribution in [2.24, 2.45) is 5.92 Å². The van der Waals surface area contributed by atoms with Crippen molar-refractivity contribution in [1.82, 2.24) is 9.97 Å². The molecule has 0 unspecified atom stereocenters. The maximum atomic E-state index is 11.0. The molecule has 0 spiro atoms. The van der Waals surface area contributed by atoms with Crippen molar-refractivity contribution < 1.29 is 9.90 Å². The second kappa shape index (κ2) is 5.30. The zero-order chi connectivity index (χ0) is 13.1. The zero-order valence-electron chi connectivity index (χ0n) is 10.3.